The van der Waals surface area contributed by atoms with E-state index in [-0.39, 0.29) is 99.7 Å². The lowest BCUT2D eigenvalue weighted by atomic mass is 9.82. The molecule has 0 aromatic rings. The monoisotopic (exact) mass is 1400 g/mol. The Labute approximate surface area is 589 Å². The first-order valence-electron chi connectivity index (χ1n) is 36.6. The molecule has 0 spiro atoms. The molecule has 0 radical (unpaired) electrons. The van der Waals surface area contributed by atoms with Crippen LogP contribution in [0, 0.1) is 41.4 Å². The van der Waals surface area contributed by atoms with E-state index in [9.17, 15) is 43.8 Å². The molecule has 12 amide bonds. The predicted molar refractivity (Wildman–Crippen MR) is 374 cm³/mol. The van der Waals surface area contributed by atoms with Crippen molar-refractivity contribution in [3.63, 3.8) is 0 Å². The summed E-state index contributed by atoms with van der Waals surface area (Å²) in [4.78, 5) is 188. The molecule has 2 saturated carbocycles. The summed E-state index contributed by atoms with van der Waals surface area (Å²) in [5, 5.41) is 33.0. The van der Waals surface area contributed by atoms with E-state index in [1.807, 2.05) is 55.4 Å². The number of nitrogens with zero attached hydrogens (tertiary/aromatic N) is 8. The molecule has 0 aromatic heterocycles. The SMILES string of the molecule is CC(C)C[C@@H]1NC(=O)[C@H](CC(C)C)N(C)C(=O)[C@H](CC2CCCCC2)N(C)C(=O)CN(C)C(=O)[C@H]([C@@H](C)O)NC(=O)[C@H](CC(C)C)N(C)C(=O)[C@H](CC2CCC(O)C(F)C2)NC(=O)[C@H](CC(C)C)N(C)C(=O)CN(C)C(=O)C[C@@H](C(=O)N2CCCCC2)NC(=O)[C@H](CC(C)C)N(C)C1=O. The predicted octanol–water partition coefficient (Wildman–Crippen LogP) is 3.86. The number of alkyl halides is 1. The highest BCUT2D eigenvalue weighted by atomic mass is 19.1. The summed E-state index contributed by atoms with van der Waals surface area (Å²) in [6.07, 6.45) is 2.27. The third-order valence-electron chi connectivity index (χ3n) is 20.3. The van der Waals surface area contributed by atoms with E-state index in [4.69, 9.17) is 0 Å². The molecule has 6 N–H and O–H groups in total. The van der Waals surface area contributed by atoms with Gasteiger partial charge in [-0.2, -0.15) is 0 Å². The molecule has 99 heavy (non-hydrogen) atoms. The molecule has 27 heteroatoms. The van der Waals surface area contributed by atoms with E-state index in [0.29, 0.717) is 25.9 Å². The van der Waals surface area contributed by atoms with Crippen LogP contribution >= 0.6 is 0 Å². The molecule has 4 aliphatic rings. The van der Waals surface area contributed by atoms with Crippen LogP contribution in [0.1, 0.15) is 198 Å². The number of hydrogen-bond acceptors (Lipinski definition) is 14. The van der Waals surface area contributed by atoms with Crippen LogP contribution in [-0.4, -0.2) is 269 Å². The zero-order valence-electron chi connectivity index (χ0n) is 63.0. The minimum Gasteiger partial charge on any atom is -0.391 e. The normalized spacial score (nSPS) is 28.9. The van der Waals surface area contributed by atoms with Gasteiger partial charge in [-0.15, -0.1) is 0 Å². The van der Waals surface area contributed by atoms with Gasteiger partial charge in [0.25, 0.3) is 0 Å². The molecule has 2 heterocycles. The average molecular weight is 1400 g/mol. The molecular formula is C72H125FN12O14. The minimum absolute atomic E-state index is 0.00687. The Bertz CT molecular complexity index is 2740. The number of carbonyl (C=O) groups is 12. The van der Waals surface area contributed by atoms with Gasteiger partial charge in [0, 0.05) is 62.4 Å². The van der Waals surface area contributed by atoms with Gasteiger partial charge < -0.3 is 70.7 Å². The number of piperidine rings is 1. The zero-order chi connectivity index (χ0) is 74.6. The molecule has 26 nitrogen and oxygen atoms in total. The van der Waals surface area contributed by atoms with Crippen molar-refractivity contribution in [1.29, 1.82) is 0 Å². The van der Waals surface area contributed by atoms with Gasteiger partial charge in [0.1, 0.15) is 60.5 Å². The third-order valence-corrected chi connectivity index (χ3v) is 20.3. The van der Waals surface area contributed by atoms with Gasteiger partial charge in [0.2, 0.25) is 70.9 Å². The first-order chi connectivity index (χ1) is 46.2. The molecule has 4 rings (SSSR count). The Balaban J connectivity index is 1.94. The number of halogens is 1. The summed E-state index contributed by atoms with van der Waals surface area (Å²) in [5.74, 6) is -10.1. The first kappa shape index (κ1) is 84.9. The van der Waals surface area contributed by atoms with Gasteiger partial charge in [-0.1, -0.05) is 101 Å². The van der Waals surface area contributed by atoms with Crippen LogP contribution in [0.25, 0.3) is 0 Å². The fourth-order valence-electron chi connectivity index (χ4n) is 14.2. The van der Waals surface area contributed by atoms with Crippen molar-refractivity contribution in [2.75, 3.05) is 75.5 Å². The van der Waals surface area contributed by atoms with Crippen LogP contribution in [0.5, 0.6) is 0 Å². The topological polar surface area (TPSA) is 319 Å². The number of aliphatic hydroxyl groups is 2. The van der Waals surface area contributed by atoms with Gasteiger partial charge in [-0.25, -0.2) is 4.39 Å². The lowest BCUT2D eigenvalue weighted by Crippen LogP contribution is -2.61. The molecule has 2 aliphatic carbocycles. The maximum absolute atomic E-state index is 15.4. The number of nitrogens with one attached hydrogen (secondary N) is 4. The highest BCUT2D eigenvalue weighted by molar-refractivity contribution is 5.99. The Morgan fingerprint density at radius 1 is 0.444 bits per heavy atom. The van der Waals surface area contributed by atoms with Gasteiger partial charge in [0.05, 0.1) is 31.7 Å². The Kier molecular flexibility index (Phi) is 34.0. The van der Waals surface area contributed by atoms with Gasteiger partial charge >= 0.3 is 0 Å². The quantitative estimate of drug-likeness (QED) is 0.128. The molecule has 0 aromatic carbocycles. The first-order valence-corrected chi connectivity index (χ1v) is 36.6. The number of amides is 12. The Hall–Kier alpha value is -6.51. The highest BCUT2D eigenvalue weighted by Crippen LogP contribution is 2.33. The van der Waals surface area contributed by atoms with Crippen molar-refractivity contribution < 1.29 is 72.1 Å². The fraction of sp³-hybridized carbons (Fsp3) is 0.833. The highest BCUT2D eigenvalue weighted by Gasteiger charge is 2.44. The van der Waals surface area contributed by atoms with Crippen molar-refractivity contribution in [3.05, 3.63) is 0 Å². The summed E-state index contributed by atoms with van der Waals surface area (Å²) in [6, 6.07) is -12.0. The largest absolute Gasteiger partial charge is 0.391 e. The average Bonchev–Trinajstić information content (AvgIpc) is 0.822. The van der Waals surface area contributed by atoms with E-state index in [1.165, 1.54) is 71.0 Å². The summed E-state index contributed by atoms with van der Waals surface area (Å²) in [5.41, 5.74) is 0. The number of aliphatic hydroxyl groups excluding tert-OH is 2. The maximum Gasteiger partial charge on any atom is 0.248 e. The zero-order valence-corrected chi connectivity index (χ0v) is 63.0. The minimum atomic E-state index is -1.68. The molecule has 564 valence electrons. The molecule has 4 fully saturated rings. The molecule has 3 unspecified atom stereocenters. The number of likely N-dealkylation sites (N-methyl/N-ethyl adjacent to an activating group) is 7. The van der Waals surface area contributed by atoms with Gasteiger partial charge in [0.15, 0.2) is 0 Å². The number of likely N-dealkylation sites (tertiary alicyclic amines) is 1. The lowest BCUT2D eigenvalue weighted by Gasteiger charge is -2.38. The van der Waals surface area contributed by atoms with Crippen LogP contribution in [0.3, 0.4) is 0 Å². The van der Waals surface area contributed by atoms with Gasteiger partial charge in [-0.3, -0.25) is 57.5 Å². The number of carbonyl (C=O) groups excluding carboxylic acids is 12. The second-order valence-corrected chi connectivity index (χ2v) is 31.3. The van der Waals surface area contributed by atoms with E-state index in [0.717, 1.165) is 58.1 Å². The van der Waals surface area contributed by atoms with Crippen LogP contribution in [0.4, 0.5) is 4.39 Å². The number of hydrogen-bond donors (Lipinski definition) is 6. The lowest BCUT2D eigenvalue weighted by molar-refractivity contribution is -0.151. The van der Waals surface area contributed by atoms with Crippen molar-refractivity contribution in [2.45, 2.75) is 271 Å². The van der Waals surface area contributed by atoms with Crippen LogP contribution in [-0.2, 0) is 57.5 Å². The van der Waals surface area contributed by atoms with E-state index < -0.39 is 169 Å². The standard InChI is InChI=1S/C72H125FN12O14/c1-42(2)31-51-68(95)82(16)55(33-44(5)6)65(92)76-53(70(97)85-29-23-20-24-30-85)39-60(88)78(12)40-61(89)80(14)54(32-43(3)4)64(91)75-52(37-49-27-28-59(87)50(73)36-49)69(96)83(17)57(35-46(9)10)67(94)77-63(47(11)86)72(99)79(13)41-62(90)81(15)58(38-48-25-21-19-22-26-48)71(98)84(18)56(34-45(7)8)66(93)74-51/h42-59,63,86-87H,19-41H2,1-18H3,(H,74,93)(H,75,91)(H,76,92)(H,77,94)/t47-,49?,50?,51+,52+,53+,54+,55+,56+,57+,58+,59?,63+/m1/s1. The summed E-state index contributed by atoms with van der Waals surface area (Å²) < 4.78 is 15.3. The van der Waals surface area contributed by atoms with E-state index in [1.54, 1.807) is 18.7 Å². The molecule has 0 bridgehead atoms. The van der Waals surface area contributed by atoms with Crippen molar-refractivity contribution in [1.82, 2.24) is 60.5 Å². The van der Waals surface area contributed by atoms with Gasteiger partial charge in [-0.05, 0) is 132 Å². The maximum atomic E-state index is 15.4. The number of rotatable bonds is 16. The molecule has 2 saturated heterocycles. The van der Waals surface area contributed by atoms with Crippen molar-refractivity contribution in [3.8, 4) is 0 Å². The van der Waals surface area contributed by atoms with Crippen molar-refractivity contribution >= 4 is 70.9 Å². The Morgan fingerprint density at radius 2 is 0.859 bits per heavy atom. The summed E-state index contributed by atoms with van der Waals surface area (Å²) >= 11 is 0. The van der Waals surface area contributed by atoms with Crippen LogP contribution in [0.15, 0.2) is 0 Å². The smallest absolute Gasteiger partial charge is 0.248 e. The van der Waals surface area contributed by atoms with Crippen LogP contribution in [0.2, 0.25) is 0 Å². The fourth-order valence-corrected chi connectivity index (χ4v) is 14.2. The second kappa shape index (κ2) is 39.6. The van der Waals surface area contributed by atoms with Crippen molar-refractivity contribution in [2.24, 2.45) is 41.4 Å². The summed E-state index contributed by atoms with van der Waals surface area (Å²) in [7, 11) is 9.76. The third kappa shape index (κ3) is 25.2. The van der Waals surface area contributed by atoms with E-state index in [2.05, 4.69) is 21.3 Å². The summed E-state index contributed by atoms with van der Waals surface area (Å²) in [6.45, 7) is 19.2. The van der Waals surface area contributed by atoms with E-state index >= 15 is 28.4 Å². The second-order valence-electron chi connectivity index (χ2n) is 31.3. The molecule has 13 atom stereocenters. The molecule has 2 aliphatic heterocycles. The Morgan fingerprint density at radius 3 is 1.33 bits per heavy atom. The van der Waals surface area contributed by atoms with Crippen LogP contribution < -0.4 is 21.3 Å². The molecular weight excluding hydrogens is 1280 g/mol.